The fraction of sp³-hybridized carbons (Fsp3) is 0. The van der Waals surface area contributed by atoms with Crippen molar-refractivity contribution in [3.8, 4) is 0 Å². The molecular weight excluding hydrogens is 236 g/mol. The van der Waals surface area contributed by atoms with Crippen LogP contribution < -0.4 is 0 Å². The molecule has 6 heteroatoms. The second-order valence-electron chi connectivity index (χ2n) is 0.346. The van der Waals surface area contributed by atoms with Crippen molar-refractivity contribution in [3.63, 3.8) is 0 Å². The molecule has 0 heterocycles. The van der Waals surface area contributed by atoms with Gasteiger partial charge in [0.15, 0.2) is 0 Å². The molecule has 0 aliphatic rings. The minimum Gasteiger partial charge on any atom is -0.402 e. The molecule has 0 amide bonds. The standard InChI is InChI=1S/BH3O3.Ba.Ca/c2-1(3)4;;/h2-4H;;. The van der Waals surface area contributed by atoms with Crippen LogP contribution in [-0.2, 0) is 0 Å². The summed E-state index contributed by atoms with van der Waals surface area (Å²) < 4.78 is 0. The first-order chi connectivity index (χ1) is 1.73. The van der Waals surface area contributed by atoms with E-state index < -0.39 is 7.32 Å². The van der Waals surface area contributed by atoms with Gasteiger partial charge in [-0.15, -0.1) is 0 Å². The fourth-order valence-electron chi connectivity index (χ4n) is 0. The molecule has 0 aliphatic heterocycles. The quantitative estimate of drug-likeness (QED) is 0.400. The average Bonchev–Trinajstić information content (AvgIpc) is 0.811. The summed E-state index contributed by atoms with van der Waals surface area (Å²) in [5.41, 5.74) is 0. The Bertz CT molecular complexity index is 15.5. The van der Waals surface area contributed by atoms with Crippen LogP contribution in [0.2, 0.25) is 0 Å². The Labute approximate surface area is 106 Å². The maximum absolute atomic E-state index is 7.17. The van der Waals surface area contributed by atoms with Crippen LogP contribution in [-0.4, -0.2) is 109 Å². The number of hydrogen-bond donors (Lipinski definition) is 3. The summed E-state index contributed by atoms with van der Waals surface area (Å²) in [6.07, 6.45) is 0. The van der Waals surface area contributed by atoms with Gasteiger partial charge in [-0.3, -0.25) is 0 Å². The van der Waals surface area contributed by atoms with E-state index in [4.69, 9.17) is 15.1 Å². The third-order valence-electron chi connectivity index (χ3n) is 0. The Morgan fingerprint density at radius 3 is 1.00 bits per heavy atom. The maximum atomic E-state index is 7.17. The summed E-state index contributed by atoms with van der Waals surface area (Å²) in [6.45, 7) is 0. The molecule has 0 aliphatic carbocycles. The topological polar surface area (TPSA) is 60.7 Å². The van der Waals surface area contributed by atoms with Crippen molar-refractivity contribution in [1.82, 2.24) is 0 Å². The van der Waals surface area contributed by atoms with Gasteiger partial charge in [0, 0.05) is 86.6 Å². The van der Waals surface area contributed by atoms with Crippen LogP contribution in [0.3, 0.4) is 0 Å². The largest absolute Gasteiger partial charge is 0.631 e. The molecule has 0 aromatic rings. The van der Waals surface area contributed by atoms with Crippen molar-refractivity contribution >= 4 is 93.9 Å². The van der Waals surface area contributed by atoms with Crippen LogP contribution in [0, 0.1) is 0 Å². The predicted octanol–water partition coefficient (Wildman–Crippen LogP) is -2.81. The summed E-state index contributed by atoms with van der Waals surface area (Å²) in [5.74, 6) is 0. The van der Waals surface area contributed by atoms with E-state index in [2.05, 4.69) is 0 Å². The summed E-state index contributed by atoms with van der Waals surface area (Å²) >= 11 is 0. The summed E-state index contributed by atoms with van der Waals surface area (Å²) in [6, 6.07) is 0. The first kappa shape index (κ1) is 15.9. The molecule has 0 saturated heterocycles. The van der Waals surface area contributed by atoms with Crippen LogP contribution in [0.15, 0.2) is 0 Å². The molecule has 0 aromatic carbocycles. The molecule has 0 saturated carbocycles. The molecule has 0 spiro atoms. The van der Waals surface area contributed by atoms with Gasteiger partial charge in [-0.25, -0.2) is 0 Å². The zero-order valence-corrected chi connectivity index (χ0v) is 9.98. The van der Waals surface area contributed by atoms with E-state index in [1.807, 2.05) is 0 Å². The molecule has 0 aromatic heterocycles. The van der Waals surface area contributed by atoms with E-state index in [0.29, 0.717) is 0 Å². The minimum atomic E-state index is -2.17. The van der Waals surface area contributed by atoms with Gasteiger partial charge >= 0.3 is 7.32 Å². The third kappa shape index (κ3) is 29.3. The zero-order chi connectivity index (χ0) is 3.58. The third-order valence-corrected chi connectivity index (χ3v) is 0. The first-order valence-electron chi connectivity index (χ1n) is 0.775. The SMILES string of the molecule is OB(O)O.[Ba].[Ca]. The van der Waals surface area contributed by atoms with Crippen molar-refractivity contribution < 1.29 is 15.1 Å². The summed E-state index contributed by atoms with van der Waals surface area (Å²) in [5, 5.41) is 21.5. The van der Waals surface area contributed by atoms with Gasteiger partial charge in [-0.05, 0) is 0 Å². The van der Waals surface area contributed by atoms with E-state index in [-0.39, 0.29) is 86.6 Å². The van der Waals surface area contributed by atoms with Crippen molar-refractivity contribution in [3.05, 3.63) is 0 Å². The van der Waals surface area contributed by atoms with Gasteiger partial charge in [-0.2, -0.15) is 0 Å². The smallest absolute Gasteiger partial charge is 0.402 e. The van der Waals surface area contributed by atoms with Crippen molar-refractivity contribution in [2.45, 2.75) is 0 Å². The zero-order valence-electron chi connectivity index (χ0n) is 3.33. The molecule has 4 radical (unpaired) electrons. The van der Waals surface area contributed by atoms with Gasteiger partial charge in [0.2, 0.25) is 0 Å². The molecule has 28 valence electrons. The molecule has 3 nitrogen and oxygen atoms in total. The van der Waals surface area contributed by atoms with Gasteiger partial charge < -0.3 is 15.1 Å². The van der Waals surface area contributed by atoms with E-state index >= 15 is 0 Å². The fourth-order valence-corrected chi connectivity index (χ4v) is 0. The first-order valence-corrected chi connectivity index (χ1v) is 0.775. The molecule has 3 N–H and O–H groups in total. The molecule has 6 heavy (non-hydrogen) atoms. The van der Waals surface area contributed by atoms with Gasteiger partial charge in [0.1, 0.15) is 0 Å². The van der Waals surface area contributed by atoms with E-state index in [9.17, 15) is 0 Å². The summed E-state index contributed by atoms with van der Waals surface area (Å²) in [7, 11) is -2.17. The minimum absolute atomic E-state index is 0. The Balaban J connectivity index is -0.0000000450. The second kappa shape index (κ2) is 10.7. The van der Waals surface area contributed by atoms with E-state index in [1.54, 1.807) is 0 Å². The molecule has 0 rings (SSSR count). The van der Waals surface area contributed by atoms with Crippen LogP contribution in [0.1, 0.15) is 0 Å². The molecule has 0 atom stereocenters. The second-order valence-corrected chi connectivity index (χ2v) is 0.346. The van der Waals surface area contributed by atoms with Crippen molar-refractivity contribution in [2.75, 3.05) is 0 Å². The van der Waals surface area contributed by atoms with Crippen LogP contribution in [0.25, 0.3) is 0 Å². The summed E-state index contributed by atoms with van der Waals surface area (Å²) in [4.78, 5) is 0. The van der Waals surface area contributed by atoms with E-state index in [0.717, 1.165) is 0 Å². The van der Waals surface area contributed by atoms with Crippen LogP contribution in [0.5, 0.6) is 0 Å². The van der Waals surface area contributed by atoms with Gasteiger partial charge in [0.25, 0.3) is 0 Å². The predicted molar refractivity (Wildman–Crippen MR) is 23.9 cm³/mol. The monoisotopic (exact) mass is 240 g/mol. The van der Waals surface area contributed by atoms with Crippen molar-refractivity contribution in [1.29, 1.82) is 0 Å². The molecule has 0 bridgehead atoms. The maximum Gasteiger partial charge on any atom is 0.631 e. The molecular formula is H3BBaCaO3. The Hall–Kier alpha value is 2.78. The van der Waals surface area contributed by atoms with Crippen molar-refractivity contribution in [2.24, 2.45) is 0 Å². The van der Waals surface area contributed by atoms with Crippen LogP contribution in [0.4, 0.5) is 0 Å². The number of rotatable bonds is 0. The average molecular weight is 239 g/mol. The van der Waals surface area contributed by atoms with Gasteiger partial charge in [0.05, 0.1) is 0 Å². The van der Waals surface area contributed by atoms with Crippen LogP contribution >= 0.6 is 0 Å². The normalized spacial score (nSPS) is 4.50. The molecule has 0 unspecified atom stereocenters. The Kier molecular flexibility index (Phi) is 28.4. The molecule has 0 fully saturated rings. The van der Waals surface area contributed by atoms with Gasteiger partial charge in [-0.1, -0.05) is 0 Å². The number of hydrogen-bond acceptors (Lipinski definition) is 3. The Morgan fingerprint density at radius 2 is 1.00 bits per heavy atom. The van der Waals surface area contributed by atoms with E-state index in [1.165, 1.54) is 0 Å². The Morgan fingerprint density at radius 1 is 1.00 bits per heavy atom.